The number of rotatable bonds is 8. The van der Waals surface area contributed by atoms with Gasteiger partial charge >= 0.3 is 0 Å². The lowest BCUT2D eigenvalue weighted by molar-refractivity contribution is -0.117. The third kappa shape index (κ3) is 6.09. The molecule has 1 amide bonds. The van der Waals surface area contributed by atoms with E-state index in [1.807, 2.05) is 4.90 Å². The van der Waals surface area contributed by atoms with Gasteiger partial charge in [0.05, 0.1) is 23.9 Å². The van der Waals surface area contributed by atoms with E-state index in [1.54, 1.807) is 18.2 Å². The number of hydrogen-bond acceptors (Lipinski definition) is 3. The first-order chi connectivity index (χ1) is 9.56. The second kappa shape index (κ2) is 9.19. The molecule has 1 aromatic rings. The van der Waals surface area contributed by atoms with Crippen LogP contribution >= 0.6 is 23.2 Å². The molecule has 112 valence electrons. The Hall–Kier alpha value is -0.810. The van der Waals surface area contributed by atoms with Crippen LogP contribution in [0.25, 0.3) is 0 Å². The summed E-state index contributed by atoms with van der Waals surface area (Å²) < 4.78 is 0. The van der Waals surface area contributed by atoms with Gasteiger partial charge < -0.3 is 10.4 Å². The maximum Gasteiger partial charge on any atom is 0.238 e. The first kappa shape index (κ1) is 17.2. The summed E-state index contributed by atoms with van der Waals surface area (Å²) in [6, 6.07) is 4.92. The molecule has 0 bridgehead atoms. The molecule has 0 unspecified atom stereocenters. The largest absolute Gasteiger partial charge is 0.395 e. The van der Waals surface area contributed by atoms with Crippen LogP contribution in [0.2, 0.25) is 10.0 Å². The molecule has 4 nitrogen and oxygen atoms in total. The highest BCUT2D eigenvalue weighted by Crippen LogP contribution is 2.25. The fourth-order valence-electron chi connectivity index (χ4n) is 1.78. The number of carbonyl (C=O) groups is 1. The van der Waals surface area contributed by atoms with Crippen molar-refractivity contribution >= 4 is 34.8 Å². The SMILES string of the molecule is CCCCN(CCO)CC(=O)Nc1cc(Cl)ccc1Cl. The lowest BCUT2D eigenvalue weighted by Crippen LogP contribution is -2.36. The van der Waals surface area contributed by atoms with Gasteiger partial charge in [0.25, 0.3) is 0 Å². The summed E-state index contributed by atoms with van der Waals surface area (Å²) in [4.78, 5) is 13.9. The maximum atomic E-state index is 12.0. The molecule has 20 heavy (non-hydrogen) atoms. The van der Waals surface area contributed by atoms with E-state index < -0.39 is 0 Å². The molecule has 0 aromatic heterocycles. The Morgan fingerprint density at radius 1 is 1.35 bits per heavy atom. The number of hydrogen-bond donors (Lipinski definition) is 2. The van der Waals surface area contributed by atoms with Crippen LogP contribution in [-0.2, 0) is 4.79 Å². The summed E-state index contributed by atoms with van der Waals surface area (Å²) in [5.74, 6) is -0.168. The molecular formula is C14H20Cl2N2O2. The van der Waals surface area contributed by atoms with Gasteiger partial charge in [-0.3, -0.25) is 9.69 Å². The van der Waals surface area contributed by atoms with Gasteiger partial charge in [-0.2, -0.15) is 0 Å². The van der Waals surface area contributed by atoms with Gasteiger partial charge in [0.1, 0.15) is 0 Å². The van der Waals surface area contributed by atoms with Gasteiger partial charge in [-0.05, 0) is 31.2 Å². The molecule has 0 radical (unpaired) electrons. The molecule has 2 N–H and O–H groups in total. The van der Waals surface area contributed by atoms with E-state index in [2.05, 4.69) is 12.2 Å². The molecule has 1 rings (SSSR count). The minimum atomic E-state index is -0.168. The van der Waals surface area contributed by atoms with Crippen LogP contribution in [0.5, 0.6) is 0 Å². The first-order valence-corrected chi connectivity index (χ1v) is 7.40. The van der Waals surface area contributed by atoms with Gasteiger partial charge in [-0.15, -0.1) is 0 Å². The Morgan fingerprint density at radius 3 is 2.75 bits per heavy atom. The van der Waals surface area contributed by atoms with E-state index >= 15 is 0 Å². The highest BCUT2D eigenvalue weighted by atomic mass is 35.5. The van der Waals surface area contributed by atoms with Crippen molar-refractivity contribution in [2.24, 2.45) is 0 Å². The van der Waals surface area contributed by atoms with E-state index in [0.717, 1.165) is 19.4 Å². The number of anilines is 1. The van der Waals surface area contributed by atoms with E-state index in [4.69, 9.17) is 28.3 Å². The smallest absolute Gasteiger partial charge is 0.238 e. The second-order valence-electron chi connectivity index (χ2n) is 4.53. The zero-order valence-corrected chi connectivity index (χ0v) is 13.0. The topological polar surface area (TPSA) is 52.6 Å². The minimum Gasteiger partial charge on any atom is -0.395 e. The average Bonchev–Trinajstić information content (AvgIpc) is 2.40. The van der Waals surface area contributed by atoms with Crippen LogP contribution in [0, 0.1) is 0 Å². The summed E-state index contributed by atoms with van der Waals surface area (Å²) in [7, 11) is 0. The van der Waals surface area contributed by atoms with Crippen molar-refractivity contribution in [2.45, 2.75) is 19.8 Å². The molecular weight excluding hydrogens is 299 g/mol. The van der Waals surface area contributed by atoms with Gasteiger partial charge in [0, 0.05) is 11.6 Å². The zero-order valence-electron chi connectivity index (χ0n) is 11.5. The molecule has 0 aliphatic carbocycles. The summed E-state index contributed by atoms with van der Waals surface area (Å²) >= 11 is 11.9. The molecule has 0 aliphatic rings. The number of benzene rings is 1. The quantitative estimate of drug-likeness (QED) is 0.774. The first-order valence-electron chi connectivity index (χ1n) is 6.65. The summed E-state index contributed by atoms with van der Waals surface area (Å²) in [5, 5.41) is 12.7. The standard InChI is InChI=1S/C14H20Cl2N2O2/c1-2-3-6-18(7-8-19)10-14(20)17-13-9-11(15)4-5-12(13)16/h4-5,9,19H,2-3,6-8,10H2,1H3,(H,17,20). The number of nitrogens with one attached hydrogen (secondary N) is 1. The number of amides is 1. The van der Waals surface area contributed by atoms with Crippen molar-refractivity contribution in [3.8, 4) is 0 Å². The predicted molar refractivity (Wildman–Crippen MR) is 83.5 cm³/mol. The molecule has 0 atom stereocenters. The van der Waals surface area contributed by atoms with E-state index in [-0.39, 0.29) is 19.1 Å². The second-order valence-corrected chi connectivity index (χ2v) is 5.37. The Labute approximate surface area is 129 Å². The maximum absolute atomic E-state index is 12.0. The van der Waals surface area contributed by atoms with E-state index in [0.29, 0.717) is 22.3 Å². The Kier molecular flexibility index (Phi) is 7.92. The third-order valence-electron chi connectivity index (χ3n) is 2.81. The average molecular weight is 319 g/mol. The van der Waals surface area contributed by atoms with Crippen LogP contribution in [-0.4, -0.2) is 42.2 Å². The fourth-order valence-corrected chi connectivity index (χ4v) is 2.12. The van der Waals surface area contributed by atoms with Crippen molar-refractivity contribution in [2.75, 3.05) is 31.6 Å². The van der Waals surface area contributed by atoms with Gasteiger partial charge in [0.2, 0.25) is 5.91 Å². The van der Waals surface area contributed by atoms with Crippen LogP contribution in [0.4, 0.5) is 5.69 Å². The molecule has 0 aliphatic heterocycles. The Balaban J connectivity index is 2.58. The molecule has 0 fully saturated rings. The number of aliphatic hydroxyl groups excluding tert-OH is 1. The lowest BCUT2D eigenvalue weighted by atomic mass is 10.3. The summed E-state index contributed by atoms with van der Waals surface area (Å²) in [6.45, 7) is 3.62. The highest BCUT2D eigenvalue weighted by Gasteiger charge is 2.11. The van der Waals surface area contributed by atoms with Gasteiger partial charge in [-0.1, -0.05) is 36.5 Å². The predicted octanol–water partition coefficient (Wildman–Crippen LogP) is 3.03. The van der Waals surface area contributed by atoms with Gasteiger partial charge in [0.15, 0.2) is 0 Å². The third-order valence-corrected chi connectivity index (χ3v) is 3.38. The normalized spacial score (nSPS) is 10.8. The highest BCUT2D eigenvalue weighted by molar-refractivity contribution is 6.35. The van der Waals surface area contributed by atoms with Gasteiger partial charge in [-0.25, -0.2) is 0 Å². The summed E-state index contributed by atoms with van der Waals surface area (Å²) in [5.41, 5.74) is 0.503. The Morgan fingerprint density at radius 2 is 2.10 bits per heavy atom. The van der Waals surface area contributed by atoms with Crippen molar-refractivity contribution in [1.29, 1.82) is 0 Å². The minimum absolute atomic E-state index is 0.0366. The van der Waals surface area contributed by atoms with E-state index in [9.17, 15) is 4.79 Å². The van der Waals surface area contributed by atoms with E-state index in [1.165, 1.54) is 0 Å². The van der Waals surface area contributed by atoms with Crippen LogP contribution < -0.4 is 5.32 Å². The fraction of sp³-hybridized carbons (Fsp3) is 0.500. The van der Waals surface area contributed by atoms with Crippen molar-refractivity contribution < 1.29 is 9.90 Å². The molecule has 6 heteroatoms. The zero-order chi connectivity index (χ0) is 15.0. The molecule has 0 heterocycles. The molecule has 0 saturated carbocycles. The van der Waals surface area contributed by atoms with Crippen molar-refractivity contribution in [1.82, 2.24) is 4.90 Å². The monoisotopic (exact) mass is 318 g/mol. The van der Waals surface area contributed by atoms with Crippen LogP contribution in [0.1, 0.15) is 19.8 Å². The van der Waals surface area contributed by atoms with Crippen LogP contribution in [0.3, 0.4) is 0 Å². The van der Waals surface area contributed by atoms with Crippen molar-refractivity contribution in [3.05, 3.63) is 28.2 Å². The summed E-state index contributed by atoms with van der Waals surface area (Å²) in [6.07, 6.45) is 2.04. The number of nitrogens with zero attached hydrogens (tertiary/aromatic N) is 1. The Bertz CT molecular complexity index is 441. The number of unbranched alkanes of at least 4 members (excludes halogenated alkanes) is 1. The molecule has 0 saturated heterocycles. The number of halogens is 2. The molecule has 0 spiro atoms. The lowest BCUT2D eigenvalue weighted by Gasteiger charge is -2.20. The van der Waals surface area contributed by atoms with Crippen LogP contribution in [0.15, 0.2) is 18.2 Å². The molecule has 1 aromatic carbocycles. The number of carbonyl (C=O) groups excluding carboxylic acids is 1. The number of aliphatic hydroxyl groups is 1. The van der Waals surface area contributed by atoms with Crippen molar-refractivity contribution in [3.63, 3.8) is 0 Å².